The molecule has 0 N–H and O–H groups in total. The van der Waals surface area contributed by atoms with Crippen molar-refractivity contribution in [3.8, 4) is 0 Å². The first-order valence-corrected chi connectivity index (χ1v) is 8.49. The average molecular weight is 319 g/mol. The van der Waals surface area contributed by atoms with E-state index in [9.17, 15) is 12.8 Å². The molecule has 0 bridgehead atoms. The van der Waals surface area contributed by atoms with E-state index in [0.29, 0.717) is 19.1 Å². The summed E-state index contributed by atoms with van der Waals surface area (Å²) in [5.74, 6) is -0.533. The van der Waals surface area contributed by atoms with Crippen LogP contribution in [-0.2, 0) is 10.0 Å². The molecule has 0 amide bonds. The highest BCUT2D eigenvalue weighted by Crippen LogP contribution is 2.29. The predicted molar refractivity (Wildman–Crippen MR) is 74.8 cm³/mol. The van der Waals surface area contributed by atoms with Crippen molar-refractivity contribution in [2.24, 2.45) is 0 Å². The van der Waals surface area contributed by atoms with Gasteiger partial charge >= 0.3 is 0 Å². The van der Waals surface area contributed by atoms with Crippen molar-refractivity contribution in [1.82, 2.24) is 9.21 Å². The van der Waals surface area contributed by atoms with Gasteiger partial charge in [-0.05, 0) is 37.6 Å². The van der Waals surface area contributed by atoms with E-state index in [4.69, 9.17) is 11.6 Å². The molecule has 1 aromatic rings. The maximum absolute atomic E-state index is 13.1. The van der Waals surface area contributed by atoms with Gasteiger partial charge in [-0.2, -0.15) is 4.31 Å². The summed E-state index contributed by atoms with van der Waals surface area (Å²) in [6.45, 7) is 2.77. The van der Waals surface area contributed by atoms with E-state index in [-0.39, 0.29) is 9.92 Å². The maximum atomic E-state index is 13.1. The van der Waals surface area contributed by atoms with Crippen molar-refractivity contribution in [3.63, 3.8) is 0 Å². The standard InChI is InChI=1S/C13H16ClFN2O2S/c14-12-8-10(15)3-4-13(12)20(18,19)17-7-6-16-5-1-2-11(16)9-17/h3-4,8,11H,1-2,5-7,9H2. The van der Waals surface area contributed by atoms with Crippen LogP contribution in [0.4, 0.5) is 4.39 Å². The smallest absolute Gasteiger partial charge is 0.244 e. The van der Waals surface area contributed by atoms with Crippen LogP contribution in [0.1, 0.15) is 12.8 Å². The zero-order chi connectivity index (χ0) is 14.3. The first kappa shape index (κ1) is 14.3. The van der Waals surface area contributed by atoms with Crippen LogP contribution in [0, 0.1) is 5.82 Å². The Hall–Kier alpha value is -0.690. The minimum atomic E-state index is -3.64. The number of fused-ring (bicyclic) bond motifs is 1. The lowest BCUT2D eigenvalue weighted by molar-refractivity contribution is 0.158. The van der Waals surface area contributed by atoms with Crippen LogP contribution in [0.25, 0.3) is 0 Å². The zero-order valence-electron chi connectivity index (χ0n) is 10.9. The lowest BCUT2D eigenvalue weighted by Gasteiger charge is -2.36. The summed E-state index contributed by atoms with van der Waals surface area (Å²) in [6.07, 6.45) is 2.15. The summed E-state index contributed by atoms with van der Waals surface area (Å²) in [4.78, 5) is 2.32. The van der Waals surface area contributed by atoms with Crippen molar-refractivity contribution in [1.29, 1.82) is 0 Å². The van der Waals surface area contributed by atoms with Crippen LogP contribution in [0.2, 0.25) is 5.02 Å². The van der Waals surface area contributed by atoms with Crippen LogP contribution < -0.4 is 0 Å². The van der Waals surface area contributed by atoms with Crippen molar-refractivity contribution >= 4 is 21.6 Å². The molecule has 20 heavy (non-hydrogen) atoms. The Labute approximate surface area is 123 Å². The van der Waals surface area contributed by atoms with E-state index in [1.807, 2.05) is 0 Å². The third-order valence-corrected chi connectivity index (χ3v) is 6.41. The molecule has 110 valence electrons. The lowest BCUT2D eigenvalue weighted by Crippen LogP contribution is -2.51. The van der Waals surface area contributed by atoms with Gasteiger partial charge in [0.1, 0.15) is 10.7 Å². The molecule has 1 atom stereocenters. The SMILES string of the molecule is O=S(=O)(c1ccc(F)cc1Cl)N1CCN2CCCC2C1. The normalized spacial score (nSPS) is 24.8. The van der Waals surface area contributed by atoms with Crippen LogP contribution in [0.15, 0.2) is 23.1 Å². The maximum Gasteiger partial charge on any atom is 0.244 e. The molecule has 0 aromatic heterocycles. The van der Waals surface area contributed by atoms with Crippen molar-refractivity contribution in [2.75, 3.05) is 26.2 Å². The molecule has 4 nitrogen and oxygen atoms in total. The Morgan fingerprint density at radius 1 is 1.25 bits per heavy atom. The predicted octanol–water partition coefficient (Wildman–Crippen LogP) is 1.95. The number of sulfonamides is 1. The van der Waals surface area contributed by atoms with Crippen molar-refractivity contribution in [3.05, 3.63) is 29.0 Å². The number of hydrogen-bond acceptors (Lipinski definition) is 3. The minimum Gasteiger partial charge on any atom is -0.298 e. The van der Waals surface area contributed by atoms with Gasteiger partial charge in [-0.3, -0.25) is 4.90 Å². The van der Waals surface area contributed by atoms with Gasteiger partial charge in [0.05, 0.1) is 5.02 Å². The second-order valence-electron chi connectivity index (χ2n) is 5.27. The fraction of sp³-hybridized carbons (Fsp3) is 0.538. The summed E-state index contributed by atoms with van der Waals surface area (Å²) in [5.41, 5.74) is 0. The Morgan fingerprint density at radius 3 is 2.80 bits per heavy atom. The summed E-state index contributed by atoms with van der Waals surface area (Å²) in [5, 5.41) is -0.0566. The topological polar surface area (TPSA) is 40.6 Å². The molecule has 2 aliphatic heterocycles. The fourth-order valence-corrected chi connectivity index (χ4v) is 4.98. The molecule has 7 heteroatoms. The molecule has 3 rings (SSSR count). The third kappa shape index (κ3) is 2.45. The quantitative estimate of drug-likeness (QED) is 0.837. The average Bonchev–Trinajstić information content (AvgIpc) is 2.85. The summed E-state index contributed by atoms with van der Waals surface area (Å²) in [6, 6.07) is 3.72. The van der Waals surface area contributed by atoms with E-state index >= 15 is 0 Å². The second-order valence-corrected chi connectivity index (χ2v) is 7.58. The van der Waals surface area contributed by atoms with Gasteiger partial charge in [-0.1, -0.05) is 11.6 Å². The molecule has 0 spiro atoms. The molecule has 0 saturated carbocycles. The third-order valence-electron chi connectivity index (χ3n) is 4.06. The molecule has 2 heterocycles. The van der Waals surface area contributed by atoms with Gasteiger partial charge in [0.2, 0.25) is 10.0 Å². The first-order chi connectivity index (χ1) is 9.48. The molecule has 0 aliphatic carbocycles. The summed E-state index contributed by atoms with van der Waals surface area (Å²) < 4.78 is 39.7. The minimum absolute atomic E-state index is 0.00739. The number of nitrogens with zero attached hydrogens (tertiary/aromatic N) is 2. The Bertz CT molecular complexity index is 623. The molecule has 2 saturated heterocycles. The number of piperazine rings is 1. The molecule has 2 fully saturated rings. The van der Waals surface area contributed by atoms with E-state index in [1.165, 1.54) is 10.4 Å². The number of benzene rings is 1. The Balaban J connectivity index is 1.88. The van der Waals surface area contributed by atoms with E-state index in [0.717, 1.165) is 38.1 Å². The number of halogens is 2. The van der Waals surface area contributed by atoms with Gasteiger partial charge in [0.25, 0.3) is 0 Å². The zero-order valence-corrected chi connectivity index (χ0v) is 12.5. The van der Waals surface area contributed by atoms with Crippen LogP contribution in [0.5, 0.6) is 0 Å². The van der Waals surface area contributed by atoms with Gasteiger partial charge in [-0.25, -0.2) is 12.8 Å². The Kier molecular flexibility index (Phi) is 3.75. The highest BCUT2D eigenvalue weighted by Gasteiger charge is 2.36. The summed E-state index contributed by atoms with van der Waals surface area (Å²) >= 11 is 5.89. The molecular formula is C13H16ClFN2O2S. The van der Waals surface area contributed by atoms with E-state index in [1.54, 1.807) is 0 Å². The van der Waals surface area contributed by atoms with E-state index in [2.05, 4.69) is 4.90 Å². The number of hydrogen-bond donors (Lipinski definition) is 0. The molecule has 0 radical (unpaired) electrons. The molecule has 2 aliphatic rings. The largest absolute Gasteiger partial charge is 0.298 e. The second kappa shape index (κ2) is 5.26. The van der Waals surface area contributed by atoms with Crippen molar-refractivity contribution in [2.45, 2.75) is 23.8 Å². The molecule has 1 unspecified atom stereocenters. The summed E-state index contributed by atoms with van der Waals surface area (Å²) in [7, 11) is -3.64. The Morgan fingerprint density at radius 2 is 2.05 bits per heavy atom. The van der Waals surface area contributed by atoms with Crippen LogP contribution in [0.3, 0.4) is 0 Å². The first-order valence-electron chi connectivity index (χ1n) is 6.68. The molecular weight excluding hydrogens is 303 g/mol. The highest BCUT2D eigenvalue weighted by atomic mass is 35.5. The van der Waals surface area contributed by atoms with Gasteiger partial charge < -0.3 is 0 Å². The monoisotopic (exact) mass is 318 g/mol. The van der Waals surface area contributed by atoms with E-state index < -0.39 is 15.8 Å². The molecule has 1 aromatic carbocycles. The lowest BCUT2D eigenvalue weighted by atomic mass is 10.2. The van der Waals surface area contributed by atoms with Gasteiger partial charge in [0, 0.05) is 25.7 Å². The number of rotatable bonds is 2. The highest BCUT2D eigenvalue weighted by molar-refractivity contribution is 7.89. The van der Waals surface area contributed by atoms with Gasteiger partial charge in [-0.15, -0.1) is 0 Å². The van der Waals surface area contributed by atoms with Crippen LogP contribution in [-0.4, -0.2) is 49.8 Å². The van der Waals surface area contributed by atoms with Crippen LogP contribution >= 0.6 is 11.6 Å². The van der Waals surface area contributed by atoms with Gasteiger partial charge in [0.15, 0.2) is 0 Å². The van der Waals surface area contributed by atoms with Crippen molar-refractivity contribution < 1.29 is 12.8 Å². The fourth-order valence-electron chi connectivity index (χ4n) is 3.00.